The summed E-state index contributed by atoms with van der Waals surface area (Å²) in [6, 6.07) is 18.8. The van der Waals surface area contributed by atoms with Gasteiger partial charge in [0.1, 0.15) is 16.4 Å². The molecule has 32 heavy (non-hydrogen) atoms. The fraction of sp³-hybridized carbons (Fsp3) is 0.0952. The molecule has 0 atom stereocenters. The predicted octanol–water partition coefficient (Wildman–Crippen LogP) is 3.83. The summed E-state index contributed by atoms with van der Waals surface area (Å²) in [6.07, 6.45) is 0. The molecule has 3 aromatic rings. The molecule has 0 radical (unpaired) electrons. The molecule has 0 unspecified atom stereocenters. The van der Waals surface area contributed by atoms with Gasteiger partial charge in [0.15, 0.2) is 0 Å². The summed E-state index contributed by atoms with van der Waals surface area (Å²) in [6.45, 7) is 1.45. The molecule has 0 aromatic heterocycles. The van der Waals surface area contributed by atoms with Gasteiger partial charge in [0, 0.05) is 23.5 Å². The molecule has 0 aliphatic rings. The summed E-state index contributed by atoms with van der Waals surface area (Å²) in [5, 5.41) is 5.10. The molecule has 0 aliphatic carbocycles. The van der Waals surface area contributed by atoms with Crippen molar-refractivity contribution >= 4 is 37.6 Å². The summed E-state index contributed by atoms with van der Waals surface area (Å²) in [5.74, 6) is -0.109. The van der Waals surface area contributed by atoms with Crippen LogP contribution in [0, 0.1) is 0 Å². The van der Waals surface area contributed by atoms with Gasteiger partial charge < -0.3 is 19.0 Å². The summed E-state index contributed by atoms with van der Waals surface area (Å²) in [4.78, 5) is 12.3. The van der Waals surface area contributed by atoms with Crippen molar-refractivity contribution in [3.05, 3.63) is 78.9 Å². The normalized spacial score (nSPS) is 11.4. The molecule has 3 aromatic carbocycles. The van der Waals surface area contributed by atoms with Gasteiger partial charge in [-0.05, 0) is 43.3 Å². The Morgan fingerprint density at radius 2 is 1.28 bits per heavy atom. The number of carbonyl (C=O) groups excluding carboxylic acids is 1. The van der Waals surface area contributed by atoms with E-state index in [1.807, 2.05) is 0 Å². The number of amides is 2. The monoisotopic (exact) mass is 476 g/mol. The minimum absolute atomic E-state index is 0.00305. The van der Waals surface area contributed by atoms with Crippen LogP contribution in [-0.4, -0.2) is 28.6 Å². The van der Waals surface area contributed by atoms with Crippen molar-refractivity contribution in [3.8, 4) is 11.5 Å². The quantitative estimate of drug-likeness (QED) is 0.473. The molecule has 2 N–H and O–H groups in total. The van der Waals surface area contributed by atoms with Crippen LogP contribution in [0.1, 0.15) is 6.92 Å². The maximum atomic E-state index is 12.4. The number of anilines is 2. The number of urea groups is 1. The van der Waals surface area contributed by atoms with Gasteiger partial charge in [0.2, 0.25) is 0 Å². The van der Waals surface area contributed by atoms with Crippen LogP contribution in [0.5, 0.6) is 11.5 Å². The van der Waals surface area contributed by atoms with Crippen molar-refractivity contribution in [3.63, 3.8) is 0 Å². The summed E-state index contributed by atoms with van der Waals surface area (Å²) in [7, 11) is -7.72. The second-order valence-corrected chi connectivity index (χ2v) is 9.82. The largest absolute Gasteiger partial charge is 0.382 e. The standard InChI is InChI=1S/C21H20N2O7S2/c1-2-31(25,26)29-18-10-6-8-16(14-18)22-21(24)23-17-9-7-11-19(15-17)30-32(27,28)20-12-4-3-5-13-20/h3-15H,2H2,1H3,(H2,22,23,24). The zero-order chi connectivity index (χ0) is 23.2. The summed E-state index contributed by atoms with van der Waals surface area (Å²) in [5.41, 5.74) is 0.578. The van der Waals surface area contributed by atoms with Crippen molar-refractivity contribution in [2.45, 2.75) is 11.8 Å². The fourth-order valence-electron chi connectivity index (χ4n) is 2.51. The number of hydrogen-bond acceptors (Lipinski definition) is 7. The van der Waals surface area contributed by atoms with Gasteiger partial charge in [-0.2, -0.15) is 16.8 Å². The first kappa shape index (κ1) is 23.1. The van der Waals surface area contributed by atoms with E-state index in [9.17, 15) is 21.6 Å². The lowest BCUT2D eigenvalue weighted by atomic mass is 10.3. The van der Waals surface area contributed by atoms with Crippen molar-refractivity contribution < 1.29 is 30.0 Å². The van der Waals surface area contributed by atoms with Crippen molar-refractivity contribution in [2.24, 2.45) is 0 Å². The van der Waals surface area contributed by atoms with Gasteiger partial charge in [-0.3, -0.25) is 0 Å². The molecule has 3 rings (SSSR count). The minimum Gasteiger partial charge on any atom is -0.382 e. The lowest BCUT2D eigenvalue weighted by Crippen LogP contribution is -2.19. The first-order valence-electron chi connectivity index (χ1n) is 9.37. The Labute approximate surface area is 186 Å². The van der Waals surface area contributed by atoms with Crippen molar-refractivity contribution in [2.75, 3.05) is 16.4 Å². The molecular formula is C21H20N2O7S2. The highest BCUT2D eigenvalue weighted by atomic mass is 32.2. The molecular weight excluding hydrogens is 456 g/mol. The van der Waals surface area contributed by atoms with E-state index < -0.39 is 26.3 Å². The summed E-state index contributed by atoms with van der Waals surface area (Å²) < 4.78 is 57.9. The van der Waals surface area contributed by atoms with E-state index in [1.54, 1.807) is 30.3 Å². The average Bonchev–Trinajstić information content (AvgIpc) is 2.74. The summed E-state index contributed by atoms with van der Waals surface area (Å²) >= 11 is 0. The number of hydrogen-bond donors (Lipinski definition) is 2. The maximum absolute atomic E-state index is 12.4. The van der Waals surface area contributed by atoms with Crippen LogP contribution >= 0.6 is 0 Å². The topological polar surface area (TPSA) is 128 Å². The van der Waals surface area contributed by atoms with Crippen LogP contribution in [0.3, 0.4) is 0 Å². The highest BCUT2D eigenvalue weighted by Crippen LogP contribution is 2.23. The van der Waals surface area contributed by atoms with Crippen molar-refractivity contribution in [1.29, 1.82) is 0 Å². The van der Waals surface area contributed by atoms with Crippen molar-refractivity contribution in [1.82, 2.24) is 0 Å². The highest BCUT2D eigenvalue weighted by molar-refractivity contribution is 7.87. The van der Waals surface area contributed by atoms with Gasteiger partial charge in [-0.1, -0.05) is 30.3 Å². The van der Waals surface area contributed by atoms with Crippen LogP contribution in [0.25, 0.3) is 0 Å². The number of carbonyl (C=O) groups is 1. The predicted molar refractivity (Wildman–Crippen MR) is 120 cm³/mol. The Balaban J connectivity index is 1.66. The second-order valence-electron chi connectivity index (χ2n) is 6.41. The molecule has 0 aliphatic heterocycles. The van der Waals surface area contributed by atoms with Gasteiger partial charge in [-0.15, -0.1) is 0 Å². The molecule has 0 fully saturated rings. The first-order chi connectivity index (χ1) is 15.2. The van der Waals surface area contributed by atoms with E-state index in [-0.39, 0.29) is 27.8 Å². The Kier molecular flexibility index (Phi) is 7.01. The highest BCUT2D eigenvalue weighted by Gasteiger charge is 2.16. The van der Waals surface area contributed by atoms with Crippen LogP contribution in [0.4, 0.5) is 16.2 Å². The zero-order valence-corrected chi connectivity index (χ0v) is 18.5. The van der Waals surface area contributed by atoms with Crippen LogP contribution in [-0.2, 0) is 20.2 Å². The van der Waals surface area contributed by atoms with Gasteiger partial charge in [0.25, 0.3) is 0 Å². The van der Waals surface area contributed by atoms with Crippen LogP contribution in [0.2, 0.25) is 0 Å². The average molecular weight is 477 g/mol. The fourth-order valence-corrected chi connectivity index (χ4v) is 3.97. The Morgan fingerprint density at radius 3 is 1.81 bits per heavy atom. The SMILES string of the molecule is CCS(=O)(=O)Oc1cccc(NC(=O)Nc2cccc(OS(=O)(=O)c3ccccc3)c2)c1. The van der Waals surface area contributed by atoms with Gasteiger partial charge in [0.05, 0.1) is 5.75 Å². The minimum atomic E-state index is -4.02. The third kappa shape index (κ3) is 6.46. The molecule has 9 nitrogen and oxygen atoms in total. The molecule has 168 valence electrons. The molecule has 0 spiro atoms. The molecule has 0 saturated carbocycles. The molecule has 0 heterocycles. The number of benzene rings is 3. The number of rotatable bonds is 8. The molecule has 0 bridgehead atoms. The lowest BCUT2D eigenvalue weighted by molar-refractivity contribution is 0.262. The van der Waals surface area contributed by atoms with E-state index in [2.05, 4.69) is 10.6 Å². The Morgan fingerprint density at radius 1 is 0.750 bits per heavy atom. The zero-order valence-electron chi connectivity index (χ0n) is 16.9. The molecule has 0 saturated heterocycles. The lowest BCUT2D eigenvalue weighted by Gasteiger charge is -2.11. The van der Waals surface area contributed by atoms with Gasteiger partial charge in [-0.25, -0.2) is 4.79 Å². The van der Waals surface area contributed by atoms with E-state index in [4.69, 9.17) is 8.37 Å². The first-order valence-corrected chi connectivity index (χ1v) is 12.4. The van der Waals surface area contributed by atoms with Crippen LogP contribution in [0.15, 0.2) is 83.8 Å². The molecule has 2 amide bonds. The van der Waals surface area contributed by atoms with E-state index >= 15 is 0 Å². The van der Waals surface area contributed by atoms with Gasteiger partial charge >= 0.3 is 26.3 Å². The van der Waals surface area contributed by atoms with Crippen LogP contribution < -0.4 is 19.0 Å². The number of nitrogens with one attached hydrogen (secondary N) is 2. The third-order valence-corrected chi connectivity index (χ3v) is 6.41. The van der Waals surface area contributed by atoms with E-state index in [1.165, 1.54) is 55.5 Å². The maximum Gasteiger partial charge on any atom is 0.339 e. The molecule has 11 heteroatoms. The third-order valence-electron chi connectivity index (χ3n) is 4.00. The van der Waals surface area contributed by atoms with E-state index in [0.717, 1.165) is 0 Å². The smallest absolute Gasteiger partial charge is 0.339 e. The Bertz CT molecular complexity index is 1310. The van der Waals surface area contributed by atoms with E-state index in [0.29, 0.717) is 5.69 Å². The Hall–Kier alpha value is -3.57. The second kappa shape index (κ2) is 9.71.